The monoisotopic (exact) mass is 322 g/mol. The van der Waals surface area contributed by atoms with E-state index in [0.717, 1.165) is 0 Å². The quantitative estimate of drug-likeness (QED) is 0.860. The van der Waals surface area contributed by atoms with Crippen molar-refractivity contribution in [1.29, 1.82) is 0 Å². The van der Waals surface area contributed by atoms with Crippen LogP contribution in [0, 0.1) is 5.41 Å². The highest BCUT2D eigenvalue weighted by molar-refractivity contribution is 4.94. The fourth-order valence-electron chi connectivity index (χ4n) is 4.97. The largest absolute Gasteiger partial charge is 0.317 e. The molecule has 0 atom stereocenters. The zero-order chi connectivity index (χ0) is 16.5. The van der Waals surface area contributed by atoms with E-state index >= 15 is 0 Å². The molecule has 1 spiro atoms. The molecular weight excluding hydrogens is 284 g/mol. The second-order valence-corrected chi connectivity index (χ2v) is 8.85. The van der Waals surface area contributed by atoms with Crippen molar-refractivity contribution in [2.24, 2.45) is 5.41 Å². The molecule has 4 nitrogen and oxygen atoms in total. The minimum absolute atomic E-state index is 0.220. The molecule has 0 aromatic carbocycles. The first kappa shape index (κ1) is 17.7. The molecule has 0 saturated carbocycles. The molecule has 3 fully saturated rings. The van der Waals surface area contributed by atoms with Gasteiger partial charge in [0.25, 0.3) is 0 Å². The SMILES string of the molecule is CC(C)N1CCN(C(C)(C)N2CCC3(CCNCC3)CC2)CC1. The minimum atomic E-state index is 0.220. The van der Waals surface area contributed by atoms with E-state index in [1.165, 1.54) is 78.0 Å². The van der Waals surface area contributed by atoms with Crippen LogP contribution in [0.5, 0.6) is 0 Å². The molecule has 23 heavy (non-hydrogen) atoms. The second kappa shape index (κ2) is 6.99. The molecule has 4 heteroatoms. The van der Waals surface area contributed by atoms with Gasteiger partial charge in [0.05, 0.1) is 5.66 Å². The lowest BCUT2D eigenvalue weighted by molar-refractivity contribution is -0.0852. The highest BCUT2D eigenvalue weighted by atomic mass is 15.4. The number of piperidine rings is 2. The van der Waals surface area contributed by atoms with E-state index in [4.69, 9.17) is 0 Å². The molecule has 0 aromatic heterocycles. The molecule has 0 unspecified atom stereocenters. The van der Waals surface area contributed by atoms with Crippen LogP contribution in [0.2, 0.25) is 0 Å². The first-order valence-corrected chi connectivity index (χ1v) is 9.88. The van der Waals surface area contributed by atoms with Gasteiger partial charge in [-0.05, 0) is 71.9 Å². The molecule has 3 saturated heterocycles. The predicted octanol–water partition coefficient (Wildman–Crippen LogP) is 2.21. The zero-order valence-corrected chi connectivity index (χ0v) is 15.9. The summed E-state index contributed by atoms with van der Waals surface area (Å²) in [6, 6.07) is 0.690. The molecule has 3 aliphatic rings. The van der Waals surface area contributed by atoms with Crippen molar-refractivity contribution in [2.75, 3.05) is 52.4 Å². The van der Waals surface area contributed by atoms with Gasteiger partial charge in [0.15, 0.2) is 0 Å². The van der Waals surface area contributed by atoms with Crippen molar-refractivity contribution in [1.82, 2.24) is 20.0 Å². The number of piperazine rings is 1. The predicted molar refractivity (Wildman–Crippen MR) is 97.7 cm³/mol. The Balaban J connectivity index is 1.54. The Bertz CT molecular complexity index is 369. The van der Waals surface area contributed by atoms with Gasteiger partial charge >= 0.3 is 0 Å². The normalized spacial score (nSPS) is 28.6. The van der Waals surface area contributed by atoms with Gasteiger partial charge in [-0.3, -0.25) is 14.7 Å². The van der Waals surface area contributed by atoms with Crippen molar-refractivity contribution < 1.29 is 0 Å². The maximum absolute atomic E-state index is 3.54. The van der Waals surface area contributed by atoms with Crippen LogP contribution >= 0.6 is 0 Å². The van der Waals surface area contributed by atoms with Gasteiger partial charge < -0.3 is 5.32 Å². The average molecular weight is 323 g/mol. The van der Waals surface area contributed by atoms with E-state index in [-0.39, 0.29) is 5.66 Å². The number of hydrogen-bond acceptors (Lipinski definition) is 4. The van der Waals surface area contributed by atoms with E-state index in [0.29, 0.717) is 11.5 Å². The van der Waals surface area contributed by atoms with Gasteiger partial charge in [0.2, 0.25) is 0 Å². The molecule has 0 radical (unpaired) electrons. The molecule has 0 aliphatic carbocycles. The topological polar surface area (TPSA) is 21.8 Å². The van der Waals surface area contributed by atoms with E-state index in [1.54, 1.807) is 0 Å². The first-order chi connectivity index (χ1) is 10.9. The first-order valence-electron chi connectivity index (χ1n) is 9.88. The summed E-state index contributed by atoms with van der Waals surface area (Å²) >= 11 is 0. The third-order valence-corrected chi connectivity index (χ3v) is 7.08. The number of likely N-dealkylation sites (tertiary alicyclic amines) is 1. The maximum atomic E-state index is 3.54. The summed E-state index contributed by atoms with van der Waals surface area (Å²) in [5.41, 5.74) is 0.881. The van der Waals surface area contributed by atoms with E-state index < -0.39 is 0 Å². The Morgan fingerprint density at radius 1 is 0.783 bits per heavy atom. The van der Waals surface area contributed by atoms with Gasteiger partial charge in [-0.1, -0.05) is 0 Å². The Hall–Kier alpha value is -0.160. The van der Waals surface area contributed by atoms with Gasteiger partial charge in [-0.2, -0.15) is 0 Å². The molecule has 0 amide bonds. The van der Waals surface area contributed by atoms with E-state index in [1.807, 2.05) is 0 Å². The maximum Gasteiger partial charge on any atom is 0.0680 e. The van der Waals surface area contributed by atoms with Crippen LogP contribution in [0.15, 0.2) is 0 Å². The Morgan fingerprint density at radius 3 is 1.83 bits per heavy atom. The minimum Gasteiger partial charge on any atom is -0.317 e. The number of nitrogens with one attached hydrogen (secondary N) is 1. The Kier molecular flexibility index (Phi) is 5.37. The molecule has 3 heterocycles. The van der Waals surface area contributed by atoms with Crippen molar-refractivity contribution in [3.05, 3.63) is 0 Å². The standard InChI is InChI=1S/C19H38N4/c1-17(2)21-13-15-23(16-14-21)18(3,4)22-11-7-19(8-12-22)5-9-20-10-6-19/h17,20H,5-16H2,1-4H3. The third kappa shape index (κ3) is 3.76. The summed E-state index contributed by atoms with van der Waals surface area (Å²) in [5.74, 6) is 0. The van der Waals surface area contributed by atoms with Crippen molar-refractivity contribution in [3.63, 3.8) is 0 Å². The lowest BCUT2D eigenvalue weighted by atomic mass is 9.71. The van der Waals surface area contributed by atoms with Gasteiger partial charge in [-0.15, -0.1) is 0 Å². The summed E-state index contributed by atoms with van der Waals surface area (Å²) < 4.78 is 0. The van der Waals surface area contributed by atoms with Crippen molar-refractivity contribution >= 4 is 0 Å². The summed E-state index contributed by atoms with van der Waals surface area (Å²) in [6.07, 6.45) is 5.61. The van der Waals surface area contributed by atoms with Crippen LogP contribution in [0.3, 0.4) is 0 Å². The van der Waals surface area contributed by atoms with E-state index in [2.05, 4.69) is 47.7 Å². The molecule has 3 aliphatic heterocycles. The van der Waals surface area contributed by atoms with E-state index in [9.17, 15) is 0 Å². The summed E-state index contributed by atoms with van der Waals surface area (Å²) in [5, 5.41) is 3.54. The van der Waals surface area contributed by atoms with Gasteiger partial charge in [-0.25, -0.2) is 0 Å². The fraction of sp³-hybridized carbons (Fsp3) is 1.00. The molecule has 3 rings (SSSR count). The summed E-state index contributed by atoms with van der Waals surface area (Å²) in [4.78, 5) is 8.12. The highest BCUT2D eigenvalue weighted by Gasteiger charge is 2.41. The van der Waals surface area contributed by atoms with Crippen molar-refractivity contribution in [2.45, 2.75) is 65.1 Å². The molecule has 0 bridgehead atoms. The molecular formula is C19H38N4. The molecule has 1 N–H and O–H groups in total. The van der Waals surface area contributed by atoms with Crippen LogP contribution in [-0.4, -0.2) is 78.8 Å². The smallest absolute Gasteiger partial charge is 0.0680 e. The van der Waals surface area contributed by atoms with Crippen LogP contribution < -0.4 is 5.32 Å². The van der Waals surface area contributed by atoms with Crippen LogP contribution in [0.25, 0.3) is 0 Å². The second-order valence-electron chi connectivity index (χ2n) is 8.85. The third-order valence-electron chi connectivity index (χ3n) is 7.08. The highest BCUT2D eigenvalue weighted by Crippen LogP contribution is 2.41. The zero-order valence-electron chi connectivity index (χ0n) is 15.9. The van der Waals surface area contributed by atoms with Gasteiger partial charge in [0, 0.05) is 45.3 Å². The van der Waals surface area contributed by atoms with Gasteiger partial charge in [0.1, 0.15) is 0 Å². The number of rotatable bonds is 3. The average Bonchev–Trinajstić information content (AvgIpc) is 2.56. The number of hydrogen-bond donors (Lipinski definition) is 1. The Morgan fingerprint density at radius 2 is 1.30 bits per heavy atom. The summed E-state index contributed by atoms with van der Waals surface area (Å²) in [7, 11) is 0. The van der Waals surface area contributed by atoms with Crippen molar-refractivity contribution in [3.8, 4) is 0 Å². The Labute approximate surface area is 143 Å². The fourth-order valence-corrected chi connectivity index (χ4v) is 4.97. The van der Waals surface area contributed by atoms with Crippen LogP contribution in [-0.2, 0) is 0 Å². The lowest BCUT2D eigenvalue weighted by Crippen LogP contribution is -2.64. The molecule has 134 valence electrons. The summed E-state index contributed by atoms with van der Waals surface area (Å²) in [6.45, 7) is 19.5. The van der Waals surface area contributed by atoms with Crippen LogP contribution in [0.4, 0.5) is 0 Å². The van der Waals surface area contributed by atoms with Crippen LogP contribution in [0.1, 0.15) is 53.4 Å². The molecule has 0 aromatic rings. The lowest BCUT2D eigenvalue weighted by Gasteiger charge is -2.54. The number of nitrogens with zero attached hydrogens (tertiary/aromatic N) is 3.